The number of halogens is 1. The second-order valence-electron chi connectivity index (χ2n) is 5.46. The first-order valence-corrected chi connectivity index (χ1v) is 6.86. The standard InChI is InChI=1S/C13H20FN5/c1-15-12-11(14)7-16-13(17-12)19-9-3-4-10(19)8-18(2)6-5-9/h7,9-10H,3-6,8H2,1-2H3,(H,15,16,17)/t9-,10+/m1/s1. The van der Waals surface area contributed by atoms with Crippen molar-refractivity contribution in [3.8, 4) is 0 Å². The highest BCUT2D eigenvalue weighted by Gasteiger charge is 2.38. The van der Waals surface area contributed by atoms with E-state index in [0.717, 1.165) is 19.5 Å². The van der Waals surface area contributed by atoms with E-state index in [4.69, 9.17) is 0 Å². The highest BCUT2D eigenvalue weighted by atomic mass is 19.1. The van der Waals surface area contributed by atoms with Crippen LogP contribution in [0.5, 0.6) is 0 Å². The van der Waals surface area contributed by atoms with E-state index >= 15 is 0 Å². The summed E-state index contributed by atoms with van der Waals surface area (Å²) in [7, 11) is 3.84. The number of hydrogen-bond acceptors (Lipinski definition) is 5. The zero-order valence-electron chi connectivity index (χ0n) is 11.4. The van der Waals surface area contributed by atoms with E-state index in [0.29, 0.717) is 18.0 Å². The zero-order valence-corrected chi connectivity index (χ0v) is 11.4. The molecule has 2 bridgehead atoms. The molecular formula is C13H20FN5. The minimum Gasteiger partial charge on any atom is -0.371 e. The van der Waals surface area contributed by atoms with E-state index in [1.165, 1.54) is 19.0 Å². The molecule has 5 nitrogen and oxygen atoms in total. The summed E-state index contributed by atoms with van der Waals surface area (Å²) >= 11 is 0. The van der Waals surface area contributed by atoms with Crippen molar-refractivity contribution < 1.29 is 4.39 Å². The van der Waals surface area contributed by atoms with E-state index < -0.39 is 5.82 Å². The zero-order chi connectivity index (χ0) is 13.4. The highest BCUT2D eigenvalue weighted by molar-refractivity contribution is 5.44. The van der Waals surface area contributed by atoms with Crippen LogP contribution >= 0.6 is 0 Å². The molecule has 2 saturated heterocycles. The van der Waals surface area contributed by atoms with Crippen molar-refractivity contribution in [1.82, 2.24) is 14.9 Å². The predicted molar refractivity (Wildman–Crippen MR) is 72.9 cm³/mol. The number of hydrogen-bond donors (Lipinski definition) is 1. The Morgan fingerprint density at radius 2 is 2.11 bits per heavy atom. The van der Waals surface area contributed by atoms with Crippen molar-refractivity contribution in [1.29, 1.82) is 0 Å². The molecule has 6 heteroatoms. The van der Waals surface area contributed by atoms with Crippen LogP contribution in [0.15, 0.2) is 6.20 Å². The lowest BCUT2D eigenvalue weighted by Gasteiger charge is -2.28. The molecule has 0 aromatic carbocycles. The minimum atomic E-state index is -0.398. The Hall–Kier alpha value is -1.43. The number of fused-ring (bicyclic) bond motifs is 2. The van der Waals surface area contributed by atoms with Crippen LogP contribution in [0.1, 0.15) is 19.3 Å². The van der Waals surface area contributed by atoms with Crippen LogP contribution in [0.2, 0.25) is 0 Å². The Morgan fingerprint density at radius 1 is 1.32 bits per heavy atom. The van der Waals surface area contributed by atoms with Gasteiger partial charge in [-0.2, -0.15) is 4.98 Å². The SMILES string of the molecule is CNc1nc(N2[C@@H]3CC[C@H]2CN(C)CC3)ncc1F. The fourth-order valence-corrected chi connectivity index (χ4v) is 3.23. The van der Waals surface area contributed by atoms with Gasteiger partial charge < -0.3 is 15.1 Å². The van der Waals surface area contributed by atoms with E-state index in [1.54, 1.807) is 7.05 Å². The first-order valence-electron chi connectivity index (χ1n) is 6.86. The summed E-state index contributed by atoms with van der Waals surface area (Å²) in [4.78, 5) is 13.2. The maximum absolute atomic E-state index is 13.5. The number of likely N-dealkylation sites (N-methyl/N-ethyl adjacent to an activating group) is 1. The van der Waals surface area contributed by atoms with Gasteiger partial charge in [0.25, 0.3) is 0 Å². The highest BCUT2D eigenvalue weighted by Crippen LogP contribution is 2.33. The smallest absolute Gasteiger partial charge is 0.228 e. The van der Waals surface area contributed by atoms with Gasteiger partial charge in [-0.05, 0) is 32.9 Å². The molecule has 0 saturated carbocycles. The van der Waals surface area contributed by atoms with Crippen LogP contribution < -0.4 is 10.2 Å². The van der Waals surface area contributed by atoms with E-state index in [1.807, 2.05) is 0 Å². The molecule has 2 aliphatic rings. The van der Waals surface area contributed by atoms with Gasteiger partial charge in [0.1, 0.15) is 0 Å². The Labute approximate surface area is 112 Å². The average Bonchev–Trinajstić information content (AvgIpc) is 2.71. The van der Waals surface area contributed by atoms with Crippen molar-refractivity contribution in [3.05, 3.63) is 12.0 Å². The number of nitrogens with one attached hydrogen (secondary N) is 1. The summed E-state index contributed by atoms with van der Waals surface area (Å²) in [6.07, 6.45) is 4.75. The van der Waals surface area contributed by atoms with Crippen molar-refractivity contribution in [2.24, 2.45) is 0 Å². The average molecular weight is 265 g/mol. The Morgan fingerprint density at radius 3 is 2.89 bits per heavy atom. The van der Waals surface area contributed by atoms with Crippen LogP contribution in [0.4, 0.5) is 16.2 Å². The molecule has 0 aliphatic carbocycles. The first-order chi connectivity index (χ1) is 9.19. The third-order valence-corrected chi connectivity index (χ3v) is 4.19. The third kappa shape index (κ3) is 2.25. The molecule has 2 atom stereocenters. The maximum atomic E-state index is 13.5. The number of likely N-dealkylation sites (tertiary alicyclic amines) is 1. The Balaban J connectivity index is 1.92. The molecule has 3 heterocycles. The van der Waals surface area contributed by atoms with Gasteiger partial charge in [-0.15, -0.1) is 0 Å². The van der Waals surface area contributed by atoms with Crippen molar-refractivity contribution >= 4 is 11.8 Å². The number of anilines is 2. The predicted octanol–water partition coefficient (Wildman–Crippen LogP) is 1.33. The van der Waals surface area contributed by atoms with Crippen molar-refractivity contribution in [3.63, 3.8) is 0 Å². The molecule has 104 valence electrons. The summed E-state index contributed by atoms with van der Waals surface area (Å²) in [5.74, 6) is 0.543. The quantitative estimate of drug-likeness (QED) is 0.874. The third-order valence-electron chi connectivity index (χ3n) is 4.19. The van der Waals surface area contributed by atoms with Crippen molar-refractivity contribution in [2.45, 2.75) is 31.3 Å². The van der Waals surface area contributed by atoms with Gasteiger partial charge in [-0.25, -0.2) is 9.37 Å². The Bertz CT molecular complexity index is 466. The van der Waals surface area contributed by atoms with Gasteiger partial charge in [0, 0.05) is 25.7 Å². The van der Waals surface area contributed by atoms with Gasteiger partial charge in [0.15, 0.2) is 11.6 Å². The summed E-state index contributed by atoms with van der Waals surface area (Å²) in [5.41, 5.74) is 0. The van der Waals surface area contributed by atoms with Gasteiger partial charge in [-0.3, -0.25) is 0 Å². The van der Waals surface area contributed by atoms with Gasteiger partial charge >= 0.3 is 0 Å². The molecule has 2 fully saturated rings. The summed E-state index contributed by atoms with van der Waals surface area (Å²) in [6, 6.07) is 0.942. The first kappa shape index (κ1) is 12.6. The van der Waals surface area contributed by atoms with Crippen LogP contribution in [0.3, 0.4) is 0 Å². The summed E-state index contributed by atoms with van der Waals surface area (Å²) < 4.78 is 13.5. The topological polar surface area (TPSA) is 44.3 Å². The van der Waals surface area contributed by atoms with Crippen molar-refractivity contribution in [2.75, 3.05) is 37.4 Å². The molecule has 19 heavy (non-hydrogen) atoms. The lowest BCUT2D eigenvalue weighted by molar-refractivity contribution is 0.315. The second kappa shape index (κ2) is 4.92. The monoisotopic (exact) mass is 265 g/mol. The molecule has 0 radical (unpaired) electrons. The number of nitrogens with zero attached hydrogens (tertiary/aromatic N) is 4. The molecule has 3 rings (SSSR count). The fraction of sp³-hybridized carbons (Fsp3) is 0.692. The number of rotatable bonds is 2. The minimum absolute atomic E-state index is 0.280. The molecule has 0 unspecified atom stereocenters. The molecule has 0 amide bonds. The molecule has 1 aromatic rings. The lowest BCUT2D eigenvalue weighted by atomic mass is 10.1. The summed E-state index contributed by atoms with van der Waals surface area (Å²) in [5, 5.41) is 2.79. The molecular weight excluding hydrogens is 245 g/mol. The van der Waals surface area contributed by atoms with Crippen LogP contribution in [0, 0.1) is 5.82 Å². The summed E-state index contributed by atoms with van der Waals surface area (Å²) in [6.45, 7) is 2.14. The largest absolute Gasteiger partial charge is 0.371 e. The van der Waals surface area contributed by atoms with Gasteiger partial charge in [-0.1, -0.05) is 0 Å². The lowest BCUT2D eigenvalue weighted by Crippen LogP contribution is -2.39. The fourth-order valence-electron chi connectivity index (χ4n) is 3.23. The van der Waals surface area contributed by atoms with E-state index in [9.17, 15) is 4.39 Å². The molecule has 0 spiro atoms. The second-order valence-corrected chi connectivity index (χ2v) is 5.46. The molecule has 1 N–H and O–H groups in total. The Kier molecular flexibility index (Phi) is 3.26. The number of aromatic nitrogens is 2. The van der Waals surface area contributed by atoms with Gasteiger partial charge in [0.2, 0.25) is 5.95 Å². The van der Waals surface area contributed by atoms with Crippen LogP contribution in [-0.2, 0) is 0 Å². The van der Waals surface area contributed by atoms with Gasteiger partial charge in [0.05, 0.1) is 6.20 Å². The molecule has 1 aromatic heterocycles. The van der Waals surface area contributed by atoms with Crippen LogP contribution in [0.25, 0.3) is 0 Å². The maximum Gasteiger partial charge on any atom is 0.228 e. The van der Waals surface area contributed by atoms with E-state index in [-0.39, 0.29) is 5.82 Å². The molecule has 2 aliphatic heterocycles. The van der Waals surface area contributed by atoms with E-state index in [2.05, 4.69) is 32.1 Å². The normalized spacial score (nSPS) is 27.4. The van der Waals surface area contributed by atoms with Crippen LogP contribution in [-0.4, -0.2) is 54.1 Å².